The molecule has 0 amide bonds. The summed E-state index contributed by atoms with van der Waals surface area (Å²) in [5, 5.41) is 4.86. The molecule has 0 N–H and O–H groups in total. The predicted octanol–water partition coefficient (Wildman–Crippen LogP) is 15.5. The van der Waals surface area contributed by atoms with Gasteiger partial charge >= 0.3 is 0 Å². The Morgan fingerprint density at radius 3 is 1.38 bits per heavy atom. The van der Waals surface area contributed by atoms with Crippen LogP contribution < -0.4 is 0 Å². The van der Waals surface area contributed by atoms with E-state index in [9.17, 15) is 0 Å². The Labute approximate surface area is 356 Å². The van der Waals surface area contributed by atoms with Gasteiger partial charge in [0.1, 0.15) is 0 Å². The third kappa shape index (κ3) is 7.24. The van der Waals surface area contributed by atoms with Gasteiger partial charge in [0.15, 0.2) is 17.5 Å². The molecule has 0 fully saturated rings. The monoisotopic (exact) mass is 779 g/mol. The molecule has 0 aliphatic carbocycles. The van der Waals surface area contributed by atoms with E-state index >= 15 is 0 Å². The van der Waals surface area contributed by atoms with E-state index in [4.69, 9.17) is 15.0 Å². The van der Waals surface area contributed by atoms with E-state index < -0.39 is 0 Å². The lowest BCUT2D eigenvalue weighted by atomic mass is 9.89. The number of aromatic nitrogens is 3. The Hall–Kier alpha value is -8.01. The second-order valence-corrected chi connectivity index (χ2v) is 15.2. The second-order valence-electron chi connectivity index (χ2n) is 15.2. The highest BCUT2D eigenvalue weighted by atomic mass is 15.0. The maximum absolute atomic E-state index is 5.25. The Balaban J connectivity index is 1.11. The third-order valence-electron chi connectivity index (χ3n) is 11.4. The molecule has 3 nitrogen and oxygen atoms in total. The zero-order chi connectivity index (χ0) is 41.1. The van der Waals surface area contributed by atoms with E-state index in [-0.39, 0.29) is 0 Å². The minimum atomic E-state index is 0.613. The first-order chi connectivity index (χ1) is 30.1. The van der Waals surface area contributed by atoms with Gasteiger partial charge in [-0.15, -0.1) is 0 Å². The van der Waals surface area contributed by atoms with E-state index in [0.29, 0.717) is 17.5 Å². The van der Waals surface area contributed by atoms with E-state index in [1.165, 1.54) is 27.1 Å². The summed E-state index contributed by atoms with van der Waals surface area (Å²) in [6, 6.07) is 70.4. The smallest absolute Gasteiger partial charge is 0.164 e. The SMILES string of the molecule is C=Cc1c(/C=C\C)c2cc(-c3cccc(-c4ccccc4-c4nc(-c5cccc(-c6ccccc6)c5)nc(-c5cccc(-c6ccccc6)c5)n4)c3)ccc2c2ccccc12. The summed E-state index contributed by atoms with van der Waals surface area (Å²) in [6.45, 7) is 6.29. The molecule has 288 valence electrons. The standard InChI is InChI=1S/C58H41N3/c1-3-18-50-48(4-2)51-30-12-13-31-52(51)53-34-33-44(38-55(50)53)43-25-15-26-45(35-43)49-29-11-14-32-54(49)58-60-56(46-27-16-23-41(36-46)39-19-7-5-8-20-39)59-57(61-58)47-28-17-24-42(37-47)40-21-9-6-10-22-40/h3-38H,2H2,1H3/b18-3-. The maximum Gasteiger partial charge on any atom is 0.164 e. The van der Waals surface area contributed by atoms with Crippen molar-refractivity contribution in [1.29, 1.82) is 0 Å². The fraction of sp³-hybridized carbons (Fsp3) is 0.0172. The molecule has 0 spiro atoms. The number of fused-ring (bicyclic) bond motifs is 3. The van der Waals surface area contributed by atoms with E-state index in [2.05, 4.69) is 214 Å². The molecule has 0 aliphatic rings. The molecule has 0 saturated carbocycles. The van der Waals surface area contributed by atoms with Gasteiger partial charge in [-0.1, -0.05) is 201 Å². The molecule has 1 aromatic heterocycles. The lowest BCUT2D eigenvalue weighted by Gasteiger charge is -2.15. The molecule has 0 bridgehead atoms. The molecule has 0 radical (unpaired) electrons. The van der Waals surface area contributed by atoms with Gasteiger partial charge in [-0.05, 0) is 108 Å². The summed E-state index contributed by atoms with van der Waals surface area (Å²) in [4.78, 5) is 15.7. The first-order valence-corrected chi connectivity index (χ1v) is 20.7. The van der Waals surface area contributed by atoms with Crippen molar-refractivity contribution >= 4 is 33.7 Å². The molecule has 0 unspecified atom stereocenters. The van der Waals surface area contributed by atoms with Crippen molar-refractivity contribution in [3.63, 3.8) is 0 Å². The van der Waals surface area contributed by atoms with Gasteiger partial charge in [-0.3, -0.25) is 0 Å². The molecule has 3 heteroatoms. The summed E-state index contributed by atoms with van der Waals surface area (Å²) >= 11 is 0. The van der Waals surface area contributed by atoms with Crippen molar-refractivity contribution in [1.82, 2.24) is 15.0 Å². The van der Waals surface area contributed by atoms with Crippen LogP contribution in [0.25, 0.3) is 112 Å². The Morgan fingerprint density at radius 1 is 0.328 bits per heavy atom. The molecule has 0 atom stereocenters. The van der Waals surface area contributed by atoms with Gasteiger partial charge in [0.05, 0.1) is 0 Å². The molecular weight excluding hydrogens is 739 g/mol. The summed E-state index contributed by atoms with van der Waals surface area (Å²) in [6.07, 6.45) is 6.30. The lowest BCUT2D eigenvalue weighted by Crippen LogP contribution is -2.01. The zero-order valence-electron chi connectivity index (χ0n) is 33.8. The number of hydrogen-bond donors (Lipinski definition) is 0. The van der Waals surface area contributed by atoms with Gasteiger partial charge in [0.25, 0.3) is 0 Å². The van der Waals surface area contributed by atoms with Crippen LogP contribution in [0.15, 0.2) is 213 Å². The average molecular weight is 780 g/mol. The quantitative estimate of drug-likeness (QED) is 0.137. The molecule has 0 aliphatic heterocycles. The highest BCUT2D eigenvalue weighted by Gasteiger charge is 2.18. The third-order valence-corrected chi connectivity index (χ3v) is 11.4. The fourth-order valence-electron chi connectivity index (χ4n) is 8.48. The molecule has 10 rings (SSSR count). The van der Waals surface area contributed by atoms with Crippen molar-refractivity contribution in [2.45, 2.75) is 6.92 Å². The molecule has 1 heterocycles. The van der Waals surface area contributed by atoms with E-state index in [1.807, 2.05) is 18.2 Å². The van der Waals surface area contributed by atoms with Crippen molar-refractivity contribution in [3.8, 4) is 78.7 Å². The average Bonchev–Trinajstić information content (AvgIpc) is 3.34. The van der Waals surface area contributed by atoms with Crippen molar-refractivity contribution in [3.05, 3.63) is 224 Å². The Morgan fingerprint density at radius 2 is 0.770 bits per heavy atom. The van der Waals surface area contributed by atoms with Crippen molar-refractivity contribution in [2.24, 2.45) is 0 Å². The maximum atomic E-state index is 5.25. The molecular formula is C58H41N3. The first kappa shape index (κ1) is 37.3. The molecule has 9 aromatic carbocycles. The van der Waals surface area contributed by atoms with Crippen molar-refractivity contribution < 1.29 is 0 Å². The Bertz CT molecular complexity index is 3170. The topological polar surface area (TPSA) is 38.7 Å². The summed E-state index contributed by atoms with van der Waals surface area (Å²) in [7, 11) is 0. The van der Waals surface area contributed by atoms with Crippen LogP contribution >= 0.6 is 0 Å². The minimum Gasteiger partial charge on any atom is -0.208 e. The molecule has 0 saturated heterocycles. The van der Waals surface area contributed by atoms with Gasteiger partial charge in [0, 0.05) is 16.7 Å². The van der Waals surface area contributed by atoms with Gasteiger partial charge < -0.3 is 0 Å². The summed E-state index contributed by atoms with van der Waals surface area (Å²) in [5.74, 6) is 1.85. The second kappa shape index (κ2) is 16.3. The summed E-state index contributed by atoms with van der Waals surface area (Å²) < 4.78 is 0. The van der Waals surface area contributed by atoms with Crippen LogP contribution in [0.3, 0.4) is 0 Å². The fourth-order valence-corrected chi connectivity index (χ4v) is 8.48. The molecule has 10 aromatic rings. The molecule has 61 heavy (non-hydrogen) atoms. The van der Waals surface area contributed by atoms with Gasteiger partial charge in [-0.2, -0.15) is 0 Å². The van der Waals surface area contributed by atoms with Gasteiger partial charge in [0.2, 0.25) is 0 Å². The van der Waals surface area contributed by atoms with Crippen LogP contribution in [0.5, 0.6) is 0 Å². The van der Waals surface area contributed by atoms with E-state index in [1.54, 1.807) is 0 Å². The van der Waals surface area contributed by atoms with Crippen LogP contribution in [0, 0.1) is 0 Å². The number of nitrogens with zero attached hydrogens (tertiary/aromatic N) is 3. The van der Waals surface area contributed by atoms with Crippen molar-refractivity contribution in [2.75, 3.05) is 0 Å². The summed E-state index contributed by atoms with van der Waals surface area (Å²) in [5.41, 5.74) is 14.0. The number of hydrogen-bond acceptors (Lipinski definition) is 3. The number of allylic oxidation sites excluding steroid dienone is 1. The van der Waals surface area contributed by atoms with Crippen LogP contribution in [0.1, 0.15) is 18.1 Å². The van der Waals surface area contributed by atoms with Crippen LogP contribution in [0.4, 0.5) is 0 Å². The van der Waals surface area contributed by atoms with Crippen LogP contribution in [-0.2, 0) is 0 Å². The Kier molecular flexibility index (Phi) is 9.98. The van der Waals surface area contributed by atoms with Gasteiger partial charge in [-0.25, -0.2) is 15.0 Å². The highest BCUT2D eigenvalue weighted by molar-refractivity contribution is 6.15. The number of rotatable bonds is 9. The normalized spacial score (nSPS) is 11.4. The highest BCUT2D eigenvalue weighted by Crippen LogP contribution is 2.39. The lowest BCUT2D eigenvalue weighted by molar-refractivity contribution is 1.07. The number of benzene rings is 9. The van der Waals surface area contributed by atoms with E-state index in [0.717, 1.165) is 66.8 Å². The zero-order valence-corrected chi connectivity index (χ0v) is 33.8. The largest absolute Gasteiger partial charge is 0.208 e. The first-order valence-electron chi connectivity index (χ1n) is 20.7. The predicted molar refractivity (Wildman–Crippen MR) is 258 cm³/mol. The minimum absolute atomic E-state index is 0.613. The van der Waals surface area contributed by atoms with Crippen LogP contribution in [-0.4, -0.2) is 15.0 Å². The van der Waals surface area contributed by atoms with Crippen LogP contribution in [0.2, 0.25) is 0 Å².